The number of carbonyl (C=O) groups is 2. The number of sulfonamides is 1. The van der Waals surface area contributed by atoms with E-state index in [1.807, 2.05) is 31.2 Å². The van der Waals surface area contributed by atoms with Gasteiger partial charge in [0.1, 0.15) is 12.6 Å². The molecule has 0 heterocycles. The Morgan fingerprint density at radius 2 is 1.59 bits per heavy atom. The Morgan fingerprint density at radius 1 is 0.927 bits per heavy atom. The summed E-state index contributed by atoms with van der Waals surface area (Å²) >= 11 is 12.2. The Labute approximate surface area is 252 Å². The lowest BCUT2D eigenvalue weighted by atomic mass is 9.95. The van der Waals surface area contributed by atoms with Crippen LogP contribution in [0.5, 0.6) is 0 Å². The Balaban J connectivity index is 1.67. The molecule has 10 heteroatoms. The highest BCUT2D eigenvalue weighted by Gasteiger charge is 2.33. The number of carbonyl (C=O) groups excluding carboxylic acids is 2. The second-order valence-electron chi connectivity index (χ2n) is 10.5. The lowest BCUT2D eigenvalue weighted by molar-refractivity contribution is -0.139. The Kier molecular flexibility index (Phi) is 10.3. The highest BCUT2D eigenvalue weighted by Crippen LogP contribution is 2.28. The van der Waals surface area contributed by atoms with Crippen LogP contribution in [0.1, 0.15) is 50.2 Å². The van der Waals surface area contributed by atoms with Gasteiger partial charge in [0, 0.05) is 22.6 Å². The molecule has 7 nitrogen and oxygen atoms in total. The Hall–Kier alpha value is -3.07. The van der Waals surface area contributed by atoms with Gasteiger partial charge < -0.3 is 10.2 Å². The lowest BCUT2D eigenvalue weighted by Crippen LogP contribution is -2.53. The van der Waals surface area contributed by atoms with E-state index >= 15 is 0 Å². The van der Waals surface area contributed by atoms with Crippen molar-refractivity contribution in [2.75, 3.05) is 10.8 Å². The number of hydrogen-bond donors (Lipinski definition) is 1. The topological polar surface area (TPSA) is 86.8 Å². The fourth-order valence-electron chi connectivity index (χ4n) is 4.94. The monoisotopic (exact) mass is 615 g/mol. The largest absolute Gasteiger partial charge is 0.352 e. The quantitative estimate of drug-likeness (QED) is 0.287. The van der Waals surface area contributed by atoms with E-state index in [4.69, 9.17) is 23.2 Å². The number of aryl methyl sites for hydroxylation is 1. The first kappa shape index (κ1) is 30.9. The number of anilines is 1. The van der Waals surface area contributed by atoms with E-state index in [9.17, 15) is 18.0 Å². The highest BCUT2D eigenvalue weighted by atomic mass is 35.5. The van der Waals surface area contributed by atoms with Crippen molar-refractivity contribution in [2.24, 2.45) is 0 Å². The van der Waals surface area contributed by atoms with Crippen LogP contribution in [0, 0.1) is 6.92 Å². The minimum absolute atomic E-state index is 0.0251. The summed E-state index contributed by atoms with van der Waals surface area (Å²) in [7, 11) is -4.20. The molecular weight excluding hydrogens is 581 g/mol. The molecule has 1 atom stereocenters. The third kappa shape index (κ3) is 8.03. The van der Waals surface area contributed by atoms with Crippen LogP contribution in [0.25, 0.3) is 0 Å². The van der Waals surface area contributed by atoms with Gasteiger partial charge in [0.05, 0.1) is 10.6 Å². The zero-order valence-electron chi connectivity index (χ0n) is 23.2. The summed E-state index contributed by atoms with van der Waals surface area (Å²) in [5.41, 5.74) is 2.13. The van der Waals surface area contributed by atoms with Crippen LogP contribution in [-0.2, 0) is 26.2 Å². The molecule has 1 aliphatic carbocycles. The number of hydrogen-bond acceptors (Lipinski definition) is 4. The zero-order chi connectivity index (χ0) is 29.6. The zero-order valence-corrected chi connectivity index (χ0v) is 25.6. The van der Waals surface area contributed by atoms with Crippen molar-refractivity contribution in [1.29, 1.82) is 0 Å². The summed E-state index contributed by atoms with van der Waals surface area (Å²) in [5, 5.41) is 3.82. The second-order valence-corrected chi connectivity index (χ2v) is 13.2. The van der Waals surface area contributed by atoms with Crippen LogP contribution in [-0.4, -0.2) is 43.8 Å². The number of benzene rings is 3. The molecule has 2 amide bonds. The van der Waals surface area contributed by atoms with Gasteiger partial charge in [-0.25, -0.2) is 8.42 Å². The SMILES string of the molecule is Cc1ccc(CN(C(=O)CN(c2cccc(Cl)c2)S(=O)(=O)c2ccc(Cl)cc2)[C@H](C)C(=O)NC2CCCCC2)cc1. The molecular formula is C31H35Cl2N3O4S. The molecule has 1 fully saturated rings. The first-order valence-electron chi connectivity index (χ1n) is 13.7. The maximum Gasteiger partial charge on any atom is 0.264 e. The van der Waals surface area contributed by atoms with E-state index in [0.29, 0.717) is 10.0 Å². The molecule has 0 radical (unpaired) electrons. The summed E-state index contributed by atoms with van der Waals surface area (Å²) in [6, 6.07) is 19.0. The normalized spacial score (nSPS) is 14.7. The van der Waals surface area contributed by atoms with E-state index < -0.39 is 28.5 Å². The molecule has 0 bridgehead atoms. The lowest BCUT2D eigenvalue weighted by Gasteiger charge is -2.33. The van der Waals surface area contributed by atoms with Gasteiger partial charge >= 0.3 is 0 Å². The van der Waals surface area contributed by atoms with E-state index in [1.54, 1.807) is 25.1 Å². The standard InChI is InChI=1S/C31H35Cl2N3O4S/c1-22-11-13-24(14-12-22)20-35(23(2)31(38)34-27-8-4-3-5-9-27)30(37)21-36(28-10-6-7-26(33)19-28)41(39,40)29-17-15-25(32)16-18-29/h6-7,10-19,23,27H,3-5,8-9,20-21H2,1-2H3,(H,34,38)/t23-/m1/s1. The van der Waals surface area contributed by atoms with Crippen molar-refractivity contribution >= 4 is 50.7 Å². The van der Waals surface area contributed by atoms with E-state index in [-0.39, 0.29) is 29.1 Å². The average molecular weight is 617 g/mol. The smallest absolute Gasteiger partial charge is 0.264 e. The number of rotatable bonds is 10. The average Bonchev–Trinajstić information content (AvgIpc) is 2.95. The molecule has 1 saturated carbocycles. The first-order chi connectivity index (χ1) is 19.5. The van der Waals surface area contributed by atoms with Crippen molar-refractivity contribution in [3.63, 3.8) is 0 Å². The molecule has 218 valence electrons. The summed E-state index contributed by atoms with van der Waals surface area (Å²) in [4.78, 5) is 28.8. The van der Waals surface area contributed by atoms with Gasteiger partial charge in [-0.05, 0) is 74.7 Å². The number of nitrogens with zero attached hydrogens (tertiary/aromatic N) is 2. The Morgan fingerprint density at radius 3 is 2.22 bits per heavy atom. The van der Waals surface area contributed by atoms with Crippen LogP contribution in [0.15, 0.2) is 77.7 Å². The second kappa shape index (κ2) is 13.7. The van der Waals surface area contributed by atoms with Gasteiger partial charge in [0.25, 0.3) is 10.0 Å². The third-order valence-corrected chi connectivity index (χ3v) is 9.64. The summed E-state index contributed by atoms with van der Waals surface area (Å²) in [6.45, 7) is 3.26. The molecule has 0 aliphatic heterocycles. The van der Waals surface area contributed by atoms with Crippen molar-refractivity contribution in [2.45, 2.75) is 69.5 Å². The van der Waals surface area contributed by atoms with Crippen LogP contribution < -0.4 is 9.62 Å². The predicted octanol–water partition coefficient (Wildman–Crippen LogP) is 6.36. The molecule has 0 saturated heterocycles. The number of amides is 2. The van der Waals surface area contributed by atoms with Crippen molar-refractivity contribution < 1.29 is 18.0 Å². The fourth-order valence-corrected chi connectivity index (χ4v) is 6.65. The summed E-state index contributed by atoms with van der Waals surface area (Å²) in [6.07, 6.45) is 5.09. The van der Waals surface area contributed by atoms with Gasteiger partial charge in [-0.3, -0.25) is 13.9 Å². The molecule has 0 spiro atoms. The predicted molar refractivity (Wildman–Crippen MR) is 164 cm³/mol. The third-order valence-electron chi connectivity index (χ3n) is 7.37. The minimum atomic E-state index is -4.20. The minimum Gasteiger partial charge on any atom is -0.352 e. The van der Waals surface area contributed by atoms with E-state index in [2.05, 4.69) is 5.32 Å². The summed E-state index contributed by atoms with van der Waals surface area (Å²) in [5.74, 6) is -0.776. The molecule has 3 aromatic carbocycles. The van der Waals surface area contributed by atoms with Gasteiger partial charge in [-0.15, -0.1) is 0 Å². The summed E-state index contributed by atoms with van der Waals surface area (Å²) < 4.78 is 28.8. The molecule has 41 heavy (non-hydrogen) atoms. The van der Waals surface area contributed by atoms with Gasteiger partial charge in [0.15, 0.2) is 0 Å². The highest BCUT2D eigenvalue weighted by molar-refractivity contribution is 7.92. The molecule has 1 aliphatic rings. The van der Waals surface area contributed by atoms with Crippen LogP contribution in [0.2, 0.25) is 10.0 Å². The van der Waals surface area contributed by atoms with Crippen molar-refractivity contribution in [1.82, 2.24) is 10.2 Å². The molecule has 3 aromatic rings. The van der Waals surface area contributed by atoms with Gasteiger partial charge in [-0.1, -0.05) is 78.4 Å². The maximum absolute atomic E-state index is 14.0. The molecule has 1 N–H and O–H groups in total. The van der Waals surface area contributed by atoms with Crippen LogP contribution in [0.4, 0.5) is 5.69 Å². The fraction of sp³-hybridized carbons (Fsp3) is 0.355. The van der Waals surface area contributed by atoms with E-state index in [0.717, 1.165) is 47.5 Å². The van der Waals surface area contributed by atoms with Gasteiger partial charge in [-0.2, -0.15) is 0 Å². The number of nitrogens with one attached hydrogen (secondary N) is 1. The molecule has 0 aromatic heterocycles. The maximum atomic E-state index is 14.0. The van der Waals surface area contributed by atoms with Gasteiger partial charge in [0.2, 0.25) is 11.8 Å². The van der Waals surface area contributed by atoms with Crippen LogP contribution >= 0.6 is 23.2 Å². The van der Waals surface area contributed by atoms with Crippen LogP contribution in [0.3, 0.4) is 0 Å². The molecule has 4 rings (SSSR count). The van der Waals surface area contributed by atoms with E-state index in [1.165, 1.54) is 35.2 Å². The first-order valence-corrected chi connectivity index (χ1v) is 15.9. The molecule has 0 unspecified atom stereocenters. The number of halogens is 2. The van der Waals surface area contributed by atoms with Crippen molar-refractivity contribution in [3.8, 4) is 0 Å². The van der Waals surface area contributed by atoms with Crippen molar-refractivity contribution in [3.05, 3.63) is 94.0 Å². The Bertz CT molecular complexity index is 1460.